The number of unbranched alkanes of at least 4 members (excludes halogenated alkanes) is 2. The average molecular weight is 532 g/mol. The molecule has 0 spiro atoms. The van der Waals surface area contributed by atoms with Crippen LogP contribution in [0.5, 0.6) is 0 Å². The monoisotopic (exact) mass is 531 g/mol. The number of non-ortho nitro benzene ring substituents is 1. The van der Waals surface area contributed by atoms with Crippen LogP contribution in [0.1, 0.15) is 29.6 Å². The molecule has 0 unspecified atom stereocenters. The van der Waals surface area contributed by atoms with Gasteiger partial charge in [-0.1, -0.05) is 66.2 Å². The number of rotatable bonds is 11. The van der Waals surface area contributed by atoms with Crippen LogP contribution >= 0.6 is 18.9 Å². The third kappa shape index (κ3) is 6.25. The van der Waals surface area contributed by atoms with Crippen LogP contribution in [0.3, 0.4) is 0 Å². The molecule has 0 saturated carbocycles. The van der Waals surface area contributed by atoms with Gasteiger partial charge in [0.1, 0.15) is 23.2 Å². The van der Waals surface area contributed by atoms with Crippen molar-refractivity contribution in [3.8, 4) is 0 Å². The predicted molar refractivity (Wildman–Crippen MR) is 154 cm³/mol. The third-order valence-electron chi connectivity index (χ3n) is 6.45. The molecule has 4 rings (SSSR count). The van der Waals surface area contributed by atoms with E-state index in [4.69, 9.17) is 11.6 Å². The van der Waals surface area contributed by atoms with E-state index < -0.39 is 18.1 Å². The van der Waals surface area contributed by atoms with Crippen LogP contribution in [0.15, 0.2) is 109 Å². The summed E-state index contributed by atoms with van der Waals surface area (Å²) in [6.45, 7) is 0.477. The van der Waals surface area contributed by atoms with Crippen LogP contribution in [0, 0.1) is 10.1 Å². The van der Waals surface area contributed by atoms with E-state index in [1.54, 1.807) is 0 Å². The Morgan fingerprint density at radius 2 is 1.27 bits per heavy atom. The lowest BCUT2D eigenvalue weighted by molar-refractivity contribution is -0.384. The molecule has 0 heterocycles. The number of benzene rings is 4. The van der Waals surface area contributed by atoms with Crippen molar-refractivity contribution >= 4 is 46.4 Å². The zero-order valence-electron chi connectivity index (χ0n) is 20.4. The summed E-state index contributed by atoms with van der Waals surface area (Å²) in [7, 11) is -1.86. The third-order valence-corrected chi connectivity index (χ3v) is 11.3. The standard InChI is InChI=1S/C30H28ClN2O3P/c31-29-20-19-24(33(35)36)23-28(29)30(34)32-21-11-4-12-22-37(25-13-5-1-6-14-25,26-15-7-2-8-16-26)27-17-9-3-10-18-27/h1-3,5-10,13-20,23H,4,11-12,21-22H2/p+1. The molecule has 37 heavy (non-hydrogen) atoms. The van der Waals surface area contributed by atoms with Crippen molar-refractivity contribution in [2.24, 2.45) is 0 Å². The highest BCUT2D eigenvalue weighted by molar-refractivity contribution is 7.95. The molecular weight excluding hydrogens is 503 g/mol. The molecule has 4 aromatic rings. The highest BCUT2D eigenvalue weighted by Gasteiger charge is 2.44. The smallest absolute Gasteiger partial charge is 0.270 e. The lowest BCUT2D eigenvalue weighted by atomic mass is 10.2. The Hall–Kier alpha value is -3.53. The molecule has 0 aliphatic rings. The van der Waals surface area contributed by atoms with Gasteiger partial charge < -0.3 is 5.32 Å². The first kappa shape index (κ1) is 26.5. The Kier molecular flexibility index (Phi) is 9.05. The number of nitro groups is 1. The molecule has 0 atom stereocenters. The van der Waals surface area contributed by atoms with Gasteiger partial charge in [-0.3, -0.25) is 14.9 Å². The summed E-state index contributed by atoms with van der Waals surface area (Å²) in [6.07, 6.45) is 3.77. The Labute approximate surface area is 223 Å². The van der Waals surface area contributed by atoms with E-state index >= 15 is 0 Å². The maximum absolute atomic E-state index is 12.6. The van der Waals surface area contributed by atoms with E-state index in [1.807, 2.05) is 0 Å². The summed E-state index contributed by atoms with van der Waals surface area (Å²) in [5.41, 5.74) is -0.0318. The fraction of sp³-hybridized carbons (Fsp3) is 0.167. The van der Waals surface area contributed by atoms with Gasteiger partial charge in [0.2, 0.25) is 0 Å². The molecular formula is C30H29ClN2O3P+. The fourth-order valence-corrected chi connectivity index (χ4v) is 9.24. The highest BCUT2D eigenvalue weighted by atomic mass is 35.5. The van der Waals surface area contributed by atoms with Gasteiger partial charge in [0.25, 0.3) is 11.6 Å². The van der Waals surface area contributed by atoms with E-state index in [0.29, 0.717) is 6.54 Å². The number of halogens is 1. The number of nitrogens with one attached hydrogen (secondary N) is 1. The van der Waals surface area contributed by atoms with Crippen LogP contribution in [-0.2, 0) is 0 Å². The zero-order valence-corrected chi connectivity index (χ0v) is 22.1. The summed E-state index contributed by atoms with van der Waals surface area (Å²) in [5, 5.41) is 18.2. The summed E-state index contributed by atoms with van der Waals surface area (Å²) in [5.74, 6) is -0.395. The quantitative estimate of drug-likeness (QED) is 0.109. The number of hydrogen-bond acceptors (Lipinski definition) is 3. The van der Waals surface area contributed by atoms with Crippen molar-refractivity contribution in [1.82, 2.24) is 5.32 Å². The molecule has 188 valence electrons. The van der Waals surface area contributed by atoms with Crippen molar-refractivity contribution in [1.29, 1.82) is 0 Å². The normalized spacial score (nSPS) is 11.2. The number of nitro benzene ring substituents is 1. The van der Waals surface area contributed by atoms with Crippen molar-refractivity contribution in [2.75, 3.05) is 12.7 Å². The Morgan fingerprint density at radius 3 is 1.76 bits per heavy atom. The minimum Gasteiger partial charge on any atom is -0.352 e. The Bertz CT molecular complexity index is 1240. The summed E-state index contributed by atoms with van der Waals surface area (Å²) in [6, 6.07) is 36.2. The molecule has 7 heteroatoms. The number of carbonyl (C=O) groups is 1. The first-order valence-electron chi connectivity index (χ1n) is 12.3. The van der Waals surface area contributed by atoms with E-state index in [9.17, 15) is 14.9 Å². The van der Waals surface area contributed by atoms with E-state index in [0.717, 1.165) is 25.4 Å². The second kappa shape index (κ2) is 12.6. The lowest BCUT2D eigenvalue weighted by Crippen LogP contribution is -2.33. The van der Waals surface area contributed by atoms with Gasteiger partial charge in [-0.15, -0.1) is 0 Å². The highest BCUT2D eigenvalue weighted by Crippen LogP contribution is 2.55. The van der Waals surface area contributed by atoms with E-state index in [2.05, 4.69) is 96.3 Å². The van der Waals surface area contributed by atoms with Crippen molar-refractivity contribution < 1.29 is 9.72 Å². The molecule has 5 nitrogen and oxygen atoms in total. The minimum atomic E-state index is -1.86. The first-order valence-corrected chi connectivity index (χ1v) is 14.6. The van der Waals surface area contributed by atoms with Gasteiger partial charge in [0, 0.05) is 18.7 Å². The molecule has 4 aromatic carbocycles. The molecule has 1 N–H and O–H groups in total. The number of amides is 1. The van der Waals surface area contributed by atoms with Gasteiger partial charge in [0.15, 0.2) is 0 Å². The number of carbonyl (C=O) groups excluding carboxylic acids is 1. The summed E-state index contributed by atoms with van der Waals surface area (Å²) >= 11 is 6.10. The fourth-order valence-electron chi connectivity index (χ4n) is 4.63. The molecule has 0 fully saturated rings. The number of nitrogens with zero attached hydrogens (tertiary/aromatic N) is 1. The van der Waals surface area contributed by atoms with Gasteiger partial charge in [-0.25, -0.2) is 0 Å². The van der Waals surface area contributed by atoms with E-state index in [-0.39, 0.29) is 16.3 Å². The first-order chi connectivity index (χ1) is 18.0. The molecule has 1 amide bonds. The Balaban J connectivity index is 1.45. The molecule has 0 bridgehead atoms. The van der Waals surface area contributed by atoms with Gasteiger partial charge in [-0.05, 0) is 61.7 Å². The second-order valence-electron chi connectivity index (χ2n) is 8.78. The topological polar surface area (TPSA) is 72.2 Å². The number of hydrogen-bond donors (Lipinski definition) is 1. The minimum absolute atomic E-state index is 0.123. The van der Waals surface area contributed by atoms with Gasteiger partial charge in [-0.2, -0.15) is 0 Å². The largest absolute Gasteiger partial charge is 0.352 e. The van der Waals surface area contributed by atoms with Crippen LogP contribution < -0.4 is 21.2 Å². The van der Waals surface area contributed by atoms with Crippen LogP contribution in [-0.4, -0.2) is 23.5 Å². The zero-order chi connectivity index (χ0) is 26.1. The Morgan fingerprint density at radius 1 is 0.757 bits per heavy atom. The second-order valence-corrected chi connectivity index (χ2v) is 12.8. The van der Waals surface area contributed by atoms with Crippen molar-refractivity contribution in [3.63, 3.8) is 0 Å². The van der Waals surface area contributed by atoms with Gasteiger partial charge in [0.05, 0.1) is 21.7 Å². The summed E-state index contributed by atoms with van der Waals surface area (Å²) < 4.78 is 0. The predicted octanol–water partition coefficient (Wildman–Crippen LogP) is 6.14. The van der Waals surface area contributed by atoms with Crippen LogP contribution in [0.2, 0.25) is 5.02 Å². The maximum Gasteiger partial charge on any atom is 0.270 e. The molecule has 0 aromatic heterocycles. The molecule has 0 saturated heterocycles. The summed E-state index contributed by atoms with van der Waals surface area (Å²) in [4.78, 5) is 23.1. The van der Waals surface area contributed by atoms with Crippen LogP contribution in [0.4, 0.5) is 5.69 Å². The van der Waals surface area contributed by atoms with Crippen molar-refractivity contribution in [3.05, 3.63) is 130 Å². The maximum atomic E-state index is 12.6. The molecule has 0 radical (unpaired) electrons. The van der Waals surface area contributed by atoms with Gasteiger partial charge >= 0.3 is 0 Å². The molecule has 0 aliphatic carbocycles. The SMILES string of the molecule is O=C(NCCCCC[P+](c1ccccc1)(c1ccccc1)c1ccccc1)c1cc([N+](=O)[O-])ccc1Cl. The van der Waals surface area contributed by atoms with Crippen LogP contribution in [0.25, 0.3) is 0 Å². The van der Waals surface area contributed by atoms with E-state index in [1.165, 1.54) is 34.1 Å². The van der Waals surface area contributed by atoms with Crippen molar-refractivity contribution in [2.45, 2.75) is 19.3 Å². The molecule has 0 aliphatic heterocycles. The average Bonchev–Trinajstić information content (AvgIpc) is 2.94. The lowest BCUT2D eigenvalue weighted by Gasteiger charge is -2.27.